The van der Waals surface area contributed by atoms with Crippen molar-refractivity contribution in [3.05, 3.63) is 23.4 Å². The van der Waals surface area contributed by atoms with Gasteiger partial charge in [-0.1, -0.05) is 47.6 Å². The summed E-state index contributed by atoms with van der Waals surface area (Å²) >= 11 is 0. The van der Waals surface area contributed by atoms with Crippen LogP contribution in [0.4, 0.5) is 0 Å². The smallest absolute Gasteiger partial charge is 0.0333 e. The lowest BCUT2D eigenvalue weighted by Crippen LogP contribution is -2.29. The predicted octanol–water partition coefficient (Wildman–Crippen LogP) is 3.49. The Morgan fingerprint density at radius 1 is 1.00 bits per heavy atom. The van der Waals surface area contributed by atoms with E-state index in [-0.39, 0.29) is 10.8 Å². The Kier molecular flexibility index (Phi) is 2.80. The molecule has 0 aromatic heterocycles. The molecule has 0 saturated heterocycles. The summed E-state index contributed by atoms with van der Waals surface area (Å²) in [5, 5.41) is 3.45. The molecule has 0 bridgehead atoms. The number of nitrogens with one attached hydrogen (secondary N) is 1. The van der Waals surface area contributed by atoms with Crippen LogP contribution in [-0.4, -0.2) is 6.54 Å². The van der Waals surface area contributed by atoms with Gasteiger partial charge < -0.3 is 5.32 Å². The van der Waals surface area contributed by atoms with E-state index >= 15 is 0 Å². The first-order valence-corrected chi connectivity index (χ1v) is 5.38. The second kappa shape index (κ2) is 3.45. The van der Waals surface area contributed by atoms with Crippen molar-refractivity contribution < 1.29 is 0 Å². The van der Waals surface area contributed by atoms with Gasteiger partial charge in [0.15, 0.2) is 0 Å². The highest BCUT2D eigenvalue weighted by Crippen LogP contribution is 2.32. The molecule has 0 saturated carbocycles. The number of dihydropyridines is 1. The molecule has 0 aromatic carbocycles. The van der Waals surface area contributed by atoms with Crippen LogP contribution in [0.3, 0.4) is 0 Å². The third kappa shape index (κ3) is 2.63. The summed E-state index contributed by atoms with van der Waals surface area (Å²) < 4.78 is 0. The van der Waals surface area contributed by atoms with Crippen molar-refractivity contribution in [2.75, 3.05) is 6.54 Å². The normalized spacial score (nSPS) is 18.4. The second-order valence-electron chi connectivity index (χ2n) is 6.10. The van der Waals surface area contributed by atoms with E-state index in [1.165, 1.54) is 11.3 Å². The maximum Gasteiger partial charge on any atom is 0.0333 e. The van der Waals surface area contributed by atoms with Crippen molar-refractivity contribution >= 4 is 0 Å². The van der Waals surface area contributed by atoms with Gasteiger partial charge in [-0.3, -0.25) is 0 Å². The Morgan fingerprint density at radius 3 is 2.00 bits per heavy atom. The average molecular weight is 193 g/mol. The zero-order valence-corrected chi connectivity index (χ0v) is 10.4. The molecule has 1 nitrogen and oxygen atoms in total. The molecule has 1 aliphatic rings. The van der Waals surface area contributed by atoms with Crippen molar-refractivity contribution in [2.45, 2.75) is 41.5 Å². The molecule has 0 aromatic rings. The Hall–Kier alpha value is -0.720. The van der Waals surface area contributed by atoms with Crippen molar-refractivity contribution in [1.82, 2.24) is 5.32 Å². The molecule has 0 unspecified atom stereocenters. The van der Waals surface area contributed by atoms with Crippen molar-refractivity contribution in [3.63, 3.8) is 0 Å². The van der Waals surface area contributed by atoms with E-state index in [2.05, 4.69) is 59.0 Å². The minimum absolute atomic E-state index is 0.227. The SMILES string of the molecule is CC(C)(C)C1=CCNC(C(C)(C)C)=C1. The van der Waals surface area contributed by atoms with Gasteiger partial charge >= 0.3 is 0 Å². The van der Waals surface area contributed by atoms with E-state index in [4.69, 9.17) is 0 Å². The molecule has 0 atom stereocenters. The summed E-state index contributed by atoms with van der Waals surface area (Å²) in [5.74, 6) is 0. The lowest BCUT2D eigenvalue weighted by Gasteiger charge is -2.31. The van der Waals surface area contributed by atoms with Crippen LogP contribution in [0.5, 0.6) is 0 Å². The van der Waals surface area contributed by atoms with Gasteiger partial charge in [0.1, 0.15) is 0 Å². The van der Waals surface area contributed by atoms with Crippen LogP contribution in [0, 0.1) is 10.8 Å². The van der Waals surface area contributed by atoms with Crippen LogP contribution in [0.15, 0.2) is 23.4 Å². The zero-order valence-electron chi connectivity index (χ0n) is 10.4. The highest BCUT2D eigenvalue weighted by atomic mass is 14.9. The molecule has 0 aliphatic carbocycles. The standard InChI is InChI=1S/C13H23N/c1-12(2,3)10-7-8-14-11(9-10)13(4,5)6/h7,9,14H,8H2,1-6H3. The zero-order chi connectivity index (χ0) is 11.0. The van der Waals surface area contributed by atoms with Gasteiger partial charge in [0.05, 0.1) is 0 Å². The van der Waals surface area contributed by atoms with Gasteiger partial charge in [0.2, 0.25) is 0 Å². The van der Waals surface area contributed by atoms with E-state index in [1.54, 1.807) is 0 Å². The van der Waals surface area contributed by atoms with Crippen molar-refractivity contribution in [3.8, 4) is 0 Å². The predicted molar refractivity (Wildman–Crippen MR) is 63.1 cm³/mol. The number of rotatable bonds is 0. The van der Waals surface area contributed by atoms with E-state index in [0.717, 1.165) is 6.54 Å². The molecule has 0 fully saturated rings. The van der Waals surface area contributed by atoms with Gasteiger partial charge in [-0.2, -0.15) is 0 Å². The van der Waals surface area contributed by atoms with E-state index < -0.39 is 0 Å². The van der Waals surface area contributed by atoms with Crippen LogP contribution in [0.1, 0.15) is 41.5 Å². The quantitative estimate of drug-likeness (QED) is 0.621. The third-order valence-electron chi connectivity index (χ3n) is 2.59. The maximum absolute atomic E-state index is 3.45. The minimum Gasteiger partial charge on any atom is -0.384 e. The van der Waals surface area contributed by atoms with Gasteiger partial charge in [-0.25, -0.2) is 0 Å². The Balaban J connectivity index is 2.95. The van der Waals surface area contributed by atoms with Gasteiger partial charge in [0.25, 0.3) is 0 Å². The molecule has 1 rings (SSSR count). The minimum atomic E-state index is 0.227. The Labute approximate surface area is 88.3 Å². The fourth-order valence-electron chi connectivity index (χ4n) is 1.54. The summed E-state index contributed by atoms with van der Waals surface area (Å²) in [6.07, 6.45) is 4.60. The van der Waals surface area contributed by atoms with Gasteiger partial charge in [-0.15, -0.1) is 0 Å². The molecule has 1 heterocycles. The highest BCUT2D eigenvalue weighted by molar-refractivity contribution is 5.33. The monoisotopic (exact) mass is 193 g/mol. The largest absolute Gasteiger partial charge is 0.384 e. The van der Waals surface area contributed by atoms with Crippen LogP contribution in [0.2, 0.25) is 0 Å². The van der Waals surface area contributed by atoms with Crippen molar-refractivity contribution in [1.29, 1.82) is 0 Å². The fraction of sp³-hybridized carbons (Fsp3) is 0.692. The molecule has 0 radical (unpaired) electrons. The molecule has 1 aliphatic heterocycles. The summed E-state index contributed by atoms with van der Waals surface area (Å²) in [6, 6.07) is 0. The summed E-state index contributed by atoms with van der Waals surface area (Å²) in [6.45, 7) is 14.5. The summed E-state index contributed by atoms with van der Waals surface area (Å²) in [5.41, 5.74) is 3.29. The first-order chi connectivity index (χ1) is 6.21. The Bertz CT molecular complexity index is 269. The average Bonchev–Trinajstić information content (AvgIpc) is 2.01. The number of hydrogen-bond donors (Lipinski definition) is 1. The van der Waals surface area contributed by atoms with Gasteiger partial charge in [0, 0.05) is 17.7 Å². The van der Waals surface area contributed by atoms with E-state index in [1.807, 2.05) is 0 Å². The van der Waals surface area contributed by atoms with Crippen LogP contribution >= 0.6 is 0 Å². The molecule has 14 heavy (non-hydrogen) atoms. The molecule has 1 N–H and O–H groups in total. The van der Waals surface area contributed by atoms with Crippen LogP contribution < -0.4 is 5.32 Å². The first kappa shape index (κ1) is 11.4. The molecule has 0 amide bonds. The number of allylic oxidation sites excluding steroid dienone is 3. The lowest BCUT2D eigenvalue weighted by atomic mass is 9.81. The second-order valence-corrected chi connectivity index (χ2v) is 6.10. The summed E-state index contributed by atoms with van der Waals surface area (Å²) in [7, 11) is 0. The fourth-order valence-corrected chi connectivity index (χ4v) is 1.54. The lowest BCUT2D eigenvalue weighted by molar-refractivity contribution is 0.450. The molecule has 0 spiro atoms. The topological polar surface area (TPSA) is 12.0 Å². The van der Waals surface area contributed by atoms with E-state index in [9.17, 15) is 0 Å². The van der Waals surface area contributed by atoms with Crippen LogP contribution in [0.25, 0.3) is 0 Å². The molecule has 80 valence electrons. The van der Waals surface area contributed by atoms with Crippen LogP contribution in [-0.2, 0) is 0 Å². The molecular formula is C13H23N. The van der Waals surface area contributed by atoms with Gasteiger partial charge in [-0.05, 0) is 17.1 Å². The highest BCUT2D eigenvalue weighted by Gasteiger charge is 2.23. The maximum atomic E-state index is 3.45. The first-order valence-electron chi connectivity index (χ1n) is 5.38. The molecule has 1 heteroatoms. The van der Waals surface area contributed by atoms with E-state index in [0.29, 0.717) is 0 Å². The van der Waals surface area contributed by atoms with Crippen molar-refractivity contribution in [2.24, 2.45) is 10.8 Å². The summed E-state index contributed by atoms with van der Waals surface area (Å²) in [4.78, 5) is 0. The Morgan fingerprint density at radius 2 is 1.57 bits per heavy atom. The number of hydrogen-bond acceptors (Lipinski definition) is 1. The third-order valence-corrected chi connectivity index (χ3v) is 2.59. The molecular weight excluding hydrogens is 170 g/mol.